The Balaban J connectivity index is -0.00000220. The van der Waals surface area contributed by atoms with Gasteiger partial charge in [-0.3, -0.25) is 14.1 Å². The Labute approximate surface area is 188 Å². The number of carbonyl (C=O) groups excluding carboxylic acids is 1. The van der Waals surface area contributed by atoms with E-state index in [4.69, 9.17) is 10.8 Å². The third-order valence-corrected chi connectivity index (χ3v) is 5.29. The van der Waals surface area contributed by atoms with Crippen LogP contribution in [-0.4, -0.2) is 93.8 Å². The number of carboxylic acid groups (broad SMARTS) is 1. The monoisotopic (exact) mass is 383 g/mol. The summed E-state index contributed by atoms with van der Waals surface area (Å²) in [6, 6.07) is 0. The van der Waals surface area contributed by atoms with Crippen LogP contribution in [0.2, 0.25) is 0 Å². The first-order valence-corrected chi connectivity index (χ1v) is 9.10. The van der Waals surface area contributed by atoms with Gasteiger partial charge in [0.25, 0.3) is 10.1 Å². The predicted octanol–water partition coefficient (Wildman–Crippen LogP) is 1.34. The molecule has 0 aliphatic heterocycles. The maximum absolute atomic E-state index is 11.4. The maximum Gasteiger partial charge on any atom is 0.328 e. The zero-order valence-corrected chi connectivity index (χ0v) is 19.9. The van der Waals surface area contributed by atoms with Crippen molar-refractivity contribution in [3.8, 4) is 0 Å². The van der Waals surface area contributed by atoms with Gasteiger partial charge in [0.2, 0.25) is 10.7 Å². The van der Waals surface area contributed by atoms with Gasteiger partial charge in [-0.2, -0.15) is 8.42 Å². The fraction of sp³-hybridized carbons (Fsp3) is 0.857. The summed E-state index contributed by atoms with van der Waals surface area (Å²) in [6.45, 7) is 2.12. The van der Waals surface area contributed by atoms with Crippen molar-refractivity contribution in [2.24, 2.45) is 5.73 Å². The molecule has 0 aromatic rings. The van der Waals surface area contributed by atoms with Gasteiger partial charge in [0, 0.05) is 59.1 Å². The van der Waals surface area contributed by atoms with Gasteiger partial charge in [-0.25, -0.2) is 0 Å². The molecule has 0 bridgehead atoms. The van der Waals surface area contributed by atoms with E-state index in [9.17, 15) is 22.6 Å². The molecule has 0 spiro atoms. The van der Waals surface area contributed by atoms with E-state index in [0.29, 0.717) is 12.8 Å². The van der Waals surface area contributed by atoms with Crippen LogP contribution in [0.5, 0.6) is 0 Å². The van der Waals surface area contributed by atoms with Crippen LogP contribution in [0, 0.1) is 0 Å². The molecule has 24 heavy (non-hydrogen) atoms. The molecule has 1 unspecified atom stereocenters. The van der Waals surface area contributed by atoms with Crippen molar-refractivity contribution < 1.29 is 27.7 Å². The predicted molar refractivity (Wildman–Crippen MR) is 94.5 cm³/mol. The first kappa shape index (κ1) is 29.6. The van der Waals surface area contributed by atoms with Crippen LogP contribution in [0.4, 0.5) is 0 Å². The van der Waals surface area contributed by atoms with Crippen LogP contribution in [0.15, 0.2) is 0 Å². The van der Waals surface area contributed by atoms with Crippen molar-refractivity contribution in [1.82, 2.24) is 0 Å². The molecule has 1 amide bonds. The number of primary amides is 1. The standard InChI is InChI=1S/C14H27NO6S.2Na/c1-2-3-4-5-6-7-8-9-10-14(13(17)18,11-12(15)16)22(19,20)21;;/h2-11H2,1H3,(H2,15,16)(H,17,18)(H,19,20,21);;. The number of carboxylic acids is 1. The van der Waals surface area contributed by atoms with Crippen LogP contribution >= 0.6 is 0 Å². The second-order valence-corrected chi connectivity index (χ2v) is 7.37. The molecule has 0 heterocycles. The number of hydrogen-bond acceptors (Lipinski definition) is 4. The third-order valence-electron chi connectivity index (χ3n) is 3.78. The molecule has 1 atom stereocenters. The van der Waals surface area contributed by atoms with E-state index in [-0.39, 0.29) is 65.5 Å². The zero-order chi connectivity index (χ0) is 17.2. The smallest absolute Gasteiger partial charge is 0.328 e. The Morgan fingerprint density at radius 2 is 1.38 bits per heavy atom. The molecule has 0 aromatic carbocycles. The molecule has 0 saturated heterocycles. The van der Waals surface area contributed by atoms with Gasteiger partial charge in [-0.05, 0) is 6.42 Å². The van der Waals surface area contributed by atoms with E-state index in [1.165, 1.54) is 6.42 Å². The number of aliphatic carboxylic acids is 1. The number of nitrogens with two attached hydrogens (primary N) is 1. The SMILES string of the molecule is CCCCCCCCCCC(CC(N)=O)(C(=O)O)S(=O)(=O)O.[Na].[Na]. The topological polar surface area (TPSA) is 135 Å². The Morgan fingerprint density at radius 1 is 0.958 bits per heavy atom. The Kier molecular flexibility index (Phi) is 18.5. The van der Waals surface area contributed by atoms with Crippen molar-refractivity contribution >= 4 is 81.1 Å². The van der Waals surface area contributed by atoms with E-state index in [1.807, 2.05) is 0 Å². The van der Waals surface area contributed by atoms with Crippen molar-refractivity contribution in [3.63, 3.8) is 0 Å². The fourth-order valence-electron chi connectivity index (χ4n) is 2.43. The number of rotatable bonds is 13. The molecular weight excluding hydrogens is 356 g/mol. The molecular formula is C14H27NNa2O6S. The zero-order valence-electron chi connectivity index (χ0n) is 15.1. The van der Waals surface area contributed by atoms with Gasteiger partial charge in [0.1, 0.15) is 0 Å². The molecule has 4 N–H and O–H groups in total. The van der Waals surface area contributed by atoms with E-state index in [0.717, 1.165) is 32.1 Å². The molecule has 10 heteroatoms. The van der Waals surface area contributed by atoms with Crippen molar-refractivity contribution in [2.45, 2.75) is 75.9 Å². The minimum atomic E-state index is -4.93. The average molecular weight is 383 g/mol. The number of hydrogen-bond donors (Lipinski definition) is 3. The van der Waals surface area contributed by atoms with Gasteiger partial charge < -0.3 is 10.8 Å². The molecule has 0 fully saturated rings. The molecule has 0 saturated carbocycles. The number of carbonyl (C=O) groups is 2. The Bertz CT molecular complexity index is 472. The Hall–Kier alpha value is 0.850. The number of amides is 1. The van der Waals surface area contributed by atoms with Gasteiger partial charge in [0.05, 0.1) is 6.42 Å². The molecule has 2 radical (unpaired) electrons. The summed E-state index contributed by atoms with van der Waals surface area (Å²) in [5, 5.41) is 9.16. The van der Waals surface area contributed by atoms with Crippen molar-refractivity contribution in [1.29, 1.82) is 0 Å². The van der Waals surface area contributed by atoms with Crippen LogP contribution in [0.3, 0.4) is 0 Å². The number of unbranched alkanes of at least 4 members (excludes halogenated alkanes) is 7. The fourth-order valence-corrected chi connectivity index (χ4v) is 3.37. The molecule has 0 aromatic heterocycles. The minimum absolute atomic E-state index is 0. The van der Waals surface area contributed by atoms with Crippen LogP contribution < -0.4 is 5.73 Å². The second-order valence-electron chi connectivity index (χ2n) is 5.64. The third kappa shape index (κ3) is 10.8. The summed E-state index contributed by atoms with van der Waals surface area (Å²) < 4.78 is 29.6. The second kappa shape index (κ2) is 15.0. The normalized spacial score (nSPS) is 13.2. The van der Waals surface area contributed by atoms with Crippen molar-refractivity contribution in [2.75, 3.05) is 0 Å². The summed E-state index contributed by atoms with van der Waals surface area (Å²) in [5.41, 5.74) is 4.93. The van der Waals surface area contributed by atoms with E-state index in [2.05, 4.69) is 6.92 Å². The molecule has 0 rings (SSSR count). The minimum Gasteiger partial charge on any atom is -0.480 e. The van der Waals surface area contributed by atoms with Gasteiger partial charge in [-0.1, -0.05) is 58.3 Å². The van der Waals surface area contributed by atoms with Gasteiger partial charge in [-0.15, -0.1) is 0 Å². The van der Waals surface area contributed by atoms with Gasteiger partial charge >= 0.3 is 5.97 Å². The quantitative estimate of drug-likeness (QED) is 0.250. The first-order valence-electron chi connectivity index (χ1n) is 7.66. The maximum atomic E-state index is 11.4. The van der Waals surface area contributed by atoms with E-state index < -0.39 is 33.2 Å². The average Bonchev–Trinajstić information content (AvgIpc) is 2.38. The molecule has 7 nitrogen and oxygen atoms in total. The first-order chi connectivity index (χ1) is 10.2. The largest absolute Gasteiger partial charge is 0.480 e. The summed E-state index contributed by atoms with van der Waals surface area (Å²) in [4.78, 5) is 22.3. The Morgan fingerprint density at radius 3 is 1.71 bits per heavy atom. The summed E-state index contributed by atoms with van der Waals surface area (Å²) in [5.74, 6) is -2.81. The van der Waals surface area contributed by atoms with Crippen LogP contribution in [-0.2, 0) is 19.7 Å². The molecule has 132 valence electrons. The van der Waals surface area contributed by atoms with Crippen molar-refractivity contribution in [3.05, 3.63) is 0 Å². The summed E-state index contributed by atoms with van der Waals surface area (Å²) in [6.07, 6.45) is 6.16. The summed E-state index contributed by atoms with van der Waals surface area (Å²) >= 11 is 0. The molecule has 0 aliphatic carbocycles. The van der Waals surface area contributed by atoms with Crippen LogP contribution in [0.1, 0.15) is 71.1 Å². The van der Waals surface area contributed by atoms with E-state index >= 15 is 0 Å². The van der Waals surface area contributed by atoms with E-state index in [1.54, 1.807) is 0 Å². The van der Waals surface area contributed by atoms with Gasteiger partial charge in [0.15, 0.2) is 0 Å². The van der Waals surface area contributed by atoms with Crippen LogP contribution in [0.25, 0.3) is 0 Å². The summed E-state index contributed by atoms with van der Waals surface area (Å²) in [7, 11) is -4.93. The molecule has 0 aliphatic rings.